The fraction of sp³-hybridized carbons (Fsp3) is 0.125. The predicted octanol–water partition coefficient (Wildman–Crippen LogP) is 1.95. The van der Waals surface area contributed by atoms with Gasteiger partial charge in [0, 0.05) is 18.5 Å². The zero-order valence-electron chi connectivity index (χ0n) is 8.19. The average molecular weight is 261 g/mol. The van der Waals surface area contributed by atoms with Gasteiger partial charge >= 0.3 is 6.18 Å². The molecule has 90 valence electrons. The van der Waals surface area contributed by atoms with Crippen LogP contribution < -0.4 is 5.73 Å². The topological polar surface area (TPSA) is 80.5 Å². The molecule has 3 N–H and O–H groups in total. The summed E-state index contributed by atoms with van der Waals surface area (Å²) in [5, 5.41) is 0.510. The van der Waals surface area contributed by atoms with Crippen LogP contribution in [0.4, 0.5) is 19.0 Å². The highest BCUT2D eigenvalue weighted by molar-refractivity contribution is 7.99. The normalized spacial score (nSPS) is 11.7. The summed E-state index contributed by atoms with van der Waals surface area (Å²) in [6, 6.07) is 1.25. The van der Waals surface area contributed by atoms with Gasteiger partial charge in [0.1, 0.15) is 10.8 Å². The number of nitrogen functional groups attached to an aromatic ring is 1. The van der Waals surface area contributed by atoms with Crippen molar-refractivity contribution in [1.82, 2.24) is 19.9 Å². The van der Waals surface area contributed by atoms with Gasteiger partial charge in [-0.3, -0.25) is 0 Å². The number of aromatic nitrogens is 4. The molecule has 0 aliphatic rings. The monoisotopic (exact) mass is 261 g/mol. The number of nitrogens with one attached hydrogen (secondary N) is 1. The highest BCUT2D eigenvalue weighted by Crippen LogP contribution is 2.30. The first kappa shape index (κ1) is 11.7. The molecule has 17 heavy (non-hydrogen) atoms. The van der Waals surface area contributed by atoms with Crippen molar-refractivity contribution in [1.29, 1.82) is 0 Å². The van der Waals surface area contributed by atoms with Crippen molar-refractivity contribution in [3.05, 3.63) is 24.3 Å². The van der Waals surface area contributed by atoms with E-state index in [4.69, 9.17) is 5.73 Å². The summed E-state index contributed by atoms with van der Waals surface area (Å²) in [5.74, 6) is -1.49. The number of anilines is 1. The van der Waals surface area contributed by atoms with Crippen LogP contribution in [0.15, 0.2) is 28.6 Å². The number of rotatable bonds is 2. The molecule has 0 fully saturated rings. The van der Waals surface area contributed by atoms with Crippen LogP contribution in [0.5, 0.6) is 0 Å². The van der Waals surface area contributed by atoms with Gasteiger partial charge in [0.05, 0.1) is 0 Å². The van der Waals surface area contributed by atoms with Crippen molar-refractivity contribution in [3.63, 3.8) is 0 Å². The number of H-pyrrole nitrogens is 1. The number of imidazole rings is 1. The highest BCUT2D eigenvalue weighted by atomic mass is 32.2. The van der Waals surface area contributed by atoms with E-state index in [0.717, 1.165) is 11.8 Å². The van der Waals surface area contributed by atoms with Crippen molar-refractivity contribution in [3.8, 4) is 0 Å². The molecule has 0 saturated heterocycles. The molecule has 2 aromatic heterocycles. The van der Waals surface area contributed by atoms with E-state index in [1.165, 1.54) is 12.3 Å². The maximum atomic E-state index is 12.4. The molecule has 0 radical (unpaired) electrons. The van der Waals surface area contributed by atoms with Gasteiger partial charge in [-0.2, -0.15) is 13.2 Å². The van der Waals surface area contributed by atoms with Crippen LogP contribution in [0.25, 0.3) is 0 Å². The molecule has 0 bridgehead atoms. The van der Waals surface area contributed by atoms with E-state index in [-0.39, 0.29) is 10.8 Å². The Morgan fingerprint density at radius 2 is 2.06 bits per heavy atom. The Kier molecular flexibility index (Phi) is 2.92. The molecule has 0 atom stereocenters. The van der Waals surface area contributed by atoms with Crippen LogP contribution in [0.3, 0.4) is 0 Å². The Labute approximate surface area is 97.7 Å². The lowest BCUT2D eigenvalue weighted by Gasteiger charge is -2.06. The Hall–Kier alpha value is -1.77. The zero-order valence-corrected chi connectivity index (χ0v) is 9.01. The summed E-state index contributed by atoms with van der Waals surface area (Å²) in [6.45, 7) is 0. The van der Waals surface area contributed by atoms with Crippen LogP contribution in [0.1, 0.15) is 5.82 Å². The van der Waals surface area contributed by atoms with E-state index in [2.05, 4.69) is 19.9 Å². The van der Waals surface area contributed by atoms with Gasteiger partial charge in [-0.05, 0) is 11.8 Å². The van der Waals surface area contributed by atoms with E-state index >= 15 is 0 Å². The molecule has 0 aromatic carbocycles. The first-order valence-corrected chi connectivity index (χ1v) is 5.16. The van der Waals surface area contributed by atoms with E-state index in [9.17, 15) is 13.2 Å². The van der Waals surface area contributed by atoms with Gasteiger partial charge in [0.25, 0.3) is 0 Å². The Bertz CT molecular complexity index is 510. The van der Waals surface area contributed by atoms with Gasteiger partial charge in [-0.1, -0.05) is 0 Å². The van der Waals surface area contributed by atoms with Crippen molar-refractivity contribution in [2.45, 2.75) is 16.4 Å². The van der Waals surface area contributed by atoms with Crippen LogP contribution >= 0.6 is 11.8 Å². The fourth-order valence-corrected chi connectivity index (χ4v) is 1.78. The summed E-state index contributed by atoms with van der Waals surface area (Å²) >= 11 is 0.941. The van der Waals surface area contributed by atoms with Crippen LogP contribution in [0.2, 0.25) is 0 Å². The Morgan fingerprint density at radius 1 is 1.29 bits per heavy atom. The molecule has 5 nitrogen and oxygen atoms in total. The maximum absolute atomic E-state index is 12.4. The number of alkyl halides is 3. The molecule has 0 saturated carbocycles. The molecule has 2 aromatic rings. The van der Waals surface area contributed by atoms with Crippen LogP contribution in [-0.4, -0.2) is 19.9 Å². The molecular formula is C8H6F3N5S. The molecule has 0 aliphatic heterocycles. The molecule has 2 rings (SSSR count). The van der Waals surface area contributed by atoms with Gasteiger partial charge < -0.3 is 10.7 Å². The minimum atomic E-state index is -4.62. The van der Waals surface area contributed by atoms with E-state index in [1.807, 2.05) is 0 Å². The third kappa shape index (κ3) is 2.87. The number of hydrogen-bond donors (Lipinski definition) is 2. The van der Waals surface area contributed by atoms with Crippen LogP contribution in [-0.2, 0) is 6.18 Å². The fourth-order valence-electron chi connectivity index (χ4n) is 1.03. The highest BCUT2D eigenvalue weighted by Gasteiger charge is 2.35. The molecule has 0 aliphatic carbocycles. The number of hydrogen-bond acceptors (Lipinski definition) is 5. The molecule has 0 amide bonds. The lowest BCUT2D eigenvalue weighted by Crippen LogP contribution is -2.12. The van der Waals surface area contributed by atoms with Crippen molar-refractivity contribution >= 4 is 17.6 Å². The van der Waals surface area contributed by atoms with Crippen LogP contribution in [0, 0.1) is 0 Å². The second-order valence-electron chi connectivity index (χ2n) is 2.95. The second kappa shape index (κ2) is 4.24. The summed E-state index contributed by atoms with van der Waals surface area (Å²) in [6.07, 6.45) is -1.58. The quantitative estimate of drug-likeness (QED) is 0.807. The molecule has 0 unspecified atom stereocenters. The lowest BCUT2D eigenvalue weighted by atomic mass is 10.5. The summed E-state index contributed by atoms with van der Waals surface area (Å²) < 4.78 is 37.2. The SMILES string of the molecule is Nc1cc(Sc2ncc[nH]2)nc(C(F)(F)F)n1. The number of halogens is 3. The summed E-state index contributed by atoms with van der Waals surface area (Å²) in [7, 11) is 0. The maximum Gasteiger partial charge on any atom is 0.451 e. The summed E-state index contributed by atoms with van der Waals surface area (Å²) in [5.41, 5.74) is 5.29. The molecule has 9 heteroatoms. The number of nitrogens with two attached hydrogens (primary N) is 1. The molecule has 0 spiro atoms. The van der Waals surface area contributed by atoms with Crippen molar-refractivity contribution in [2.75, 3.05) is 5.73 Å². The minimum Gasteiger partial charge on any atom is -0.384 e. The molecule has 2 heterocycles. The van der Waals surface area contributed by atoms with Crippen molar-refractivity contribution < 1.29 is 13.2 Å². The van der Waals surface area contributed by atoms with E-state index < -0.39 is 12.0 Å². The third-order valence-corrected chi connectivity index (χ3v) is 2.49. The van der Waals surface area contributed by atoms with Gasteiger partial charge in [-0.25, -0.2) is 15.0 Å². The Balaban J connectivity index is 2.32. The van der Waals surface area contributed by atoms with Crippen molar-refractivity contribution in [2.24, 2.45) is 0 Å². The predicted molar refractivity (Wildman–Crippen MR) is 54.2 cm³/mol. The largest absolute Gasteiger partial charge is 0.451 e. The minimum absolute atomic E-state index is 0.0831. The first-order chi connectivity index (χ1) is 7.95. The van der Waals surface area contributed by atoms with E-state index in [0.29, 0.717) is 5.16 Å². The van der Waals surface area contributed by atoms with Gasteiger partial charge in [0.15, 0.2) is 5.16 Å². The first-order valence-electron chi connectivity index (χ1n) is 4.34. The lowest BCUT2D eigenvalue weighted by molar-refractivity contribution is -0.145. The Morgan fingerprint density at radius 3 is 2.65 bits per heavy atom. The van der Waals surface area contributed by atoms with Gasteiger partial charge in [0.2, 0.25) is 5.82 Å². The standard InChI is InChI=1S/C8H6F3N5S/c9-8(10,11)6-15-4(12)3-5(16-6)17-7-13-1-2-14-7/h1-3H,(H,13,14)(H2,12,15,16). The average Bonchev–Trinajstić information content (AvgIpc) is 2.68. The number of aromatic amines is 1. The zero-order chi connectivity index (χ0) is 12.5. The number of nitrogens with zero attached hydrogens (tertiary/aromatic N) is 3. The smallest absolute Gasteiger partial charge is 0.384 e. The van der Waals surface area contributed by atoms with Gasteiger partial charge in [-0.15, -0.1) is 0 Å². The van der Waals surface area contributed by atoms with E-state index in [1.54, 1.807) is 6.20 Å². The third-order valence-electron chi connectivity index (χ3n) is 1.65. The summed E-state index contributed by atoms with van der Waals surface area (Å²) in [4.78, 5) is 13.1. The molecular weight excluding hydrogens is 255 g/mol. The second-order valence-corrected chi connectivity index (χ2v) is 3.96.